The van der Waals surface area contributed by atoms with Crippen molar-refractivity contribution in [2.24, 2.45) is 0 Å². The Balaban J connectivity index is 0.00000196. The molecule has 134 valence electrons. The molecule has 0 fully saturated rings. The number of imidazole rings is 1. The van der Waals surface area contributed by atoms with E-state index in [-0.39, 0.29) is 30.0 Å². The number of hydrogen-bond acceptors (Lipinski definition) is 1. The molecule has 1 unspecified atom stereocenters. The van der Waals surface area contributed by atoms with Crippen LogP contribution in [0.5, 0.6) is 0 Å². The summed E-state index contributed by atoms with van der Waals surface area (Å²) in [6, 6.07) is 20.9. The van der Waals surface area contributed by atoms with E-state index in [4.69, 9.17) is 4.42 Å². The number of fused-ring (bicyclic) bond motifs is 1. The second-order valence-electron chi connectivity index (χ2n) is 6.45. The molecule has 2 aromatic heterocycles. The normalized spacial score (nSPS) is 12.0. The van der Waals surface area contributed by atoms with Crippen molar-refractivity contribution in [3.8, 4) is 0 Å². The maximum absolute atomic E-state index is 6.20. The molecular formula is C22H23IN2O. The number of nitrogens with zero attached hydrogens (tertiary/aromatic N) is 2. The quantitative estimate of drug-likeness (QED) is 0.320. The molecule has 4 rings (SSSR count). The minimum atomic E-state index is 0. The van der Waals surface area contributed by atoms with E-state index >= 15 is 0 Å². The van der Waals surface area contributed by atoms with Crippen molar-refractivity contribution in [2.45, 2.75) is 32.4 Å². The van der Waals surface area contributed by atoms with Crippen molar-refractivity contribution in [3.05, 3.63) is 90.7 Å². The Morgan fingerprint density at radius 1 is 1.04 bits per heavy atom. The highest BCUT2D eigenvalue weighted by molar-refractivity contribution is 5.78. The zero-order valence-electron chi connectivity index (χ0n) is 14.9. The summed E-state index contributed by atoms with van der Waals surface area (Å²) in [7, 11) is 0. The van der Waals surface area contributed by atoms with Crippen LogP contribution in [0.2, 0.25) is 0 Å². The van der Waals surface area contributed by atoms with Crippen molar-refractivity contribution >= 4 is 11.0 Å². The molecule has 0 saturated heterocycles. The van der Waals surface area contributed by atoms with Crippen LogP contribution in [-0.2, 0) is 6.54 Å². The van der Waals surface area contributed by atoms with E-state index in [2.05, 4.69) is 77.2 Å². The fourth-order valence-electron chi connectivity index (χ4n) is 3.29. The standard InChI is InChI=1S/C22H23N2O.HI/c1-2-3-13-23-14-15-24(17-23)22(18-9-5-4-6-10-18)21-16-19-11-7-8-12-20(19)25-21;/h4-12,14-17,22H,2-3,13H2,1H3;1H/q+1;/p-1. The number of para-hydroxylation sites is 1. The van der Waals surface area contributed by atoms with Gasteiger partial charge in [0, 0.05) is 10.9 Å². The lowest BCUT2D eigenvalue weighted by Gasteiger charge is -2.11. The Morgan fingerprint density at radius 3 is 2.58 bits per heavy atom. The molecule has 0 aliphatic rings. The lowest BCUT2D eigenvalue weighted by molar-refractivity contribution is -0.696. The molecule has 0 bridgehead atoms. The zero-order chi connectivity index (χ0) is 17.1. The average Bonchev–Trinajstić information content (AvgIpc) is 3.28. The lowest BCUT2D eigenvalue weighted by atomic mass is 10.0. The van der Waals surface area contributed by atoms with E-state index in [1.54, 1.807) is 0 Å². The van der Waals surface area contributed by atoms with Crippen LogP contribution in [0, 0.1) is 0 Å². The SMILES string of the molecule is CCCC[n+]1ccn(C(c2ccccc2)c2cc3ccccc3o2)c1.[I-]. The number of furan rings is 1. The van der Waals surface area contributed by atoms with Gasteiger partial charge >= 0.3 is 0 Å². The molecule has 0 radical (unpaired) electrons. The van der Waals surface area contributed by atoms with Crippen molar-refractivity contribution < 1.29 is 33.0 Å². The summed E-state index contributed by atoms with van der Waals surface area (Å²) in [6.45, 7) is 3.27. The van der Waals surface area contributed by atoms with Gasteiger partial charge in [-0.25, -0.2) is 9.13 Å². The monoisotopic (exact) mass is 458 g/mol. The van der Waals surface area contributed by atoms with Crippen LogP contribution in [0.3, 0.4) is 0 Å². The fourth-order valence-corrected chi connectivity index (χ4v) is 3.29. The first-order valence-electron chi connectivity index (χ1n) is 8.95. The Morgan fingerprint density at radius 2 is 1.81 bits per heavy atom. The molecule has 1 atom stereocenters. The number of aromatic nitrogens is 2. The molecule has 4 aromatic rings. The number of aryl methyl sites for hydroxylation is 1. The number of unbranched alkanes of at least 4 members (excludes halogenated alkanes) is 1. The zero-order valence-corrected chi connectivity index (χ0v) is 17.0. The third-order valence-corrected chi connectivity index (χ3v) is 4.61. The van der Waals surface area contributed by atoms with Gasteiger partial charge in [-0.3, -0.25) is 0 Å². The molecule has 0 aliphatic carbocycles. The van der Waals surface area contributed by atoms with Gasteiger partial charge in [0.05, 0.1) is 6.54 Å². The van der Waals surface area contributed by atoms with Gasteiger partial charge in [0.1, 0.15) is 18.0 Å². The molecule has 3 nitrogen and oxygen atoms in total. The van der Waals surface area contributed by atoms with Gasteiger partial charge in [0.2, 0.25) is 6.33 Å². The first-order chi connectivity index (χ1) is 12.3. The minimum Gasteiger partial charge on any atom is -1.00 e. The summed E-state index contributed by atoms with van der Waals surface area (Å²) >= 11 is 0. The molecule has 0 N–H and O–H groups in total. The average molecular weight is 458 g/mol. The predicted molar refractivity (Wildman–Crippen MR) is 99.4 cm³/mol. The molecule has 0 aliphatic heterocycles. The maximum Gasteiger partial charge on any atom is 0.244 e. The molecular weight excluding hydrogens is 435 g/mol. The van der Waals surface area contributed by atoms with E-state index < -0.39 is 0 Å². The van der Waals surface area contributed by atoms with Gasteiger partial charge in [-0.1, -0.05) is 61.9 Å². The molecule has 0 spiro atoms. The predicted octanol–water partition coefficient (Wildman–Crippen LogP) is 1.96. The largest absolute Gasteiger partial charge is 1.00 e. The second-order valence-corrected chi connectivity index (χ2v) is 6.45. The lowest BCUT2D eigenvalue weighted by Crippen LogP contribution is -3.00. The molecule has 26 heavy (non-hydrogen) atoms. The first kappa shape index (κ1) is 18.7. The van der Waals surface area contributed by atoms with Crippen LogP contribution in [-0.4, -0.2) is 4.57 Å². The van der Waals surface area contributed by atoms with Gasteiger partial charge in [-0.2, -0.15) is 0 Å². The van der Waals surface area contributed by atoms with E-state index in [1.165, 1.54) is 18.4 Å². The summed E-state index contributed by atoms with van der Waals surface area (Å²) in [5.74, 6) is 0.964. The summed E-state index contributed by atoms with van der Waals surface area (Å²) in [5, 5.41) is 1.14. The molecule has 2 heterocycles. The fraction of sp³-hybridized carbons (Fsp3) is 0.227. The van der Waals surface area contributed by atoms with E-state index in [9.17, 15) is 0 Å². The van der Waals surface area contributed by atoms with Crippen LogP contribution in [0.25, 0.3) is 11.0 Å². The number of halogens is 1. The summed E-state index contributed by atoms with van der Waals surface area (Å²) < 4.78 is 10.7. The topological polar surface area (TPSA) is 21.9 Å². The number of benzene rings is 2. The molecule has 0 amide bonds. The van der Waals surface area contributed by atoms with Crippen LogP contribution in [0.1, 0.15) is 37.1 Å². The van der Waals surface area contributed by atoms with E-state index in [0.29, 0.717) is 0 Å². The van der Waals surface area contributed by atoms with E-state index in [0.717, 1.165) is 23.3 Å². The van der Waals surface area contributed by atoms with Crippen molar-refractivity contribution in [3.63, 3.8) is 0 Å². The third kappa shape index (κ3) is 3.85. The van der Waals surface area contributed by atoms with Gasteiger partial charge in [0.25, 0.3) is 0 Å². The molecule has 2 aromatic carbocycles. The Bertz CT molecular complexity index is 925. The van der Waals surface area contributed by atoms with Crippen LogP contribution in [0.15, 0.2) is 83.8 Å². The van der Waals surface area contributed by atoms with Crippen LogP contribution < -0.4 is 28.5 Å². The Labute approximate surface area is 171 Å². The summed E-state index contributed by atoms with van der Waals surface area (Å²) in [6.07, 6.45) is 8.86. The van der Waals surface area contributed by atoms with Crippen LogP contribution >= 0.6 is 0 Å². The molecule has 4 heteroatoms. The number of hydrogen-bond donors (Lipinski definition) is 0. The van der Waals surface area contributed by atoms with Gasteiger partial charge in [-0.15, -0.1) is 0 Å². The van der Waals surface area contributed by atoms with Crippen molar-refractivity contribution in [1.82, 2.24) is 4.57 Å². The summed E-state index contributed by atoms with van der Waals surface area (Å²) in [5.41, 5.74) is 2.16. The number of rotatable bonds is 6. The van der Waals surface area contributed by atoms with Gasteiger partial charge in [-0.05, 0) is 18.6 Å². The third-order valence-electron chi connectivity index (χ3n) is 4.61. The summed E-state index contributed by atoms with van der Waals surface area (Å²) in [4.78, 5) is 0. The van der Waals surface area contributed by atoms with Crippen molar-refractivity contribution in [2.75, 3.05) is 0 Å². The second kappa shape index (κ2) is 8.54. The highest BCUT2D eigenvalue weighted by Crippen LogP contribution is 2.31. The highest BCUT2D eigenvalue weighted by atomic mass is 127. The van der Waals surface area contributed by atoms with Gasteiger partial charge in [0.15, 0.2) is 11.8 Å². The Hall–Kier alpha value is -2.08. The van der Waals surface area contributed by atoms with Crippen LogP contribution in [0.4, 0.5) is 0 Å². The Kier molecular flexibility index (Phi) is 6.14. The molecule has 0 saturated carbocycles. The maximum atomic E-state index is 6.20. The van der Waals surface area contributed by atoms with E-state index in [1.807, 2.05) is 18.2 Å². The minimum absolute atomic E-state index is 0. The first-order valence-corrected chi connectivity index (χ1v) is 8.95. The highest BCUT2D eigenvalue weighted by Gasteiger charge is 2.25. The van der Waals surface area contributed by atoms with Crippen molar-refractivity contribution in [1.29, 1.82) is 0 Å². The smallest absolute Gasteiger partial charge is 0.244 e. The van der Waals surface area contributed by atoms with Gasteiger partial charge < -0.3 is 28.4 Å².